The van der Waals surface area contributed by atoms with E-state index in [0.717, 1.165) is 28.4 Å². The highest BCUT2D eigenvalue weighted by Gasteiger charge is 2.43. The van der Waals surface area contributed by atoms with Gasteiger partial charge in [-0.2, -0.15) is 0 Å². The van der Waals surface area contributed by atoms with Crippen molar-refractivity contribution in [2.24, 2.45) is 0 Å². The van der Waals surface area contributed by atoms with Crippen molar-refractivity contribution in [3.63, 3.8) is 0 Å². The Morgan fingerprint density at radius 3 is 1.53 bits per heavy atom. The van der Waals surface area contributed by atoms with E-state index in [0.29, 0.717) is 0 Å². The Morgan fingerprint density at radius 1 is 0.392 bits per heavy atom. The maximum atomic E-state index is 2.69. The van der Waals surface area contributed by atoms with Crippen LogP contribution in [0.3, 0.4) is 0 Å². The average Bonchev–Trinajstić information content (AvgIpc) is 2.46. The first-order valence-electron chi connectivity index (χ1n) is 27.6. The molecule has 0 unspecified atom stereocenters. The van der Waals surface area contributed by atoms with Crippen molar-refractivity contribution < 1.29 is 0 Å². The number of hydrogen-bond acceptors (Lipinski definition) is 5. The Hall–Kier alpha value is -8.00. The van der Waals surface area contributed by atoms with Gasteiger partial charge in [0.05, 0.1) is 27.1 Å². The number of aromatic nitrogens is 1. The van der Waals surface area contributed by atoms with E-state index in [1.54, 1.807) is 0 Å². The van der Waals surface area contributed by atoms with Gasteiger partial charge in [0, 0.05) is 101 Å². The van der Waals surface area contributed by atoms with Crippen LogP contribution in [-0.4, -0.2) is 4.40 Å². The topological polar surface area (TPSA) is 10.9 Å². The summed E-state index contributed by atoms with van der Waals surface area (Å²) in [6.45, 7) is 18.7. The lowest BCUT2D eigenvalue weighted by Crippen LogP contribution is -2.17. The summed E-state index contributed by atoms with van der Waals surface area (Å²) in [5.41, 5.74) is 17.4. The summed E-state index contributed by atoms with van der Waals surface area (Å²) in [4.78, 5) is 5.01. The molecule has 0 bridgehead atoms. The zero-order valence-electron chi connectivity index (χ0n) is 45.6. The van der Waals surface area contributed by atoms with Gasteiger partial charge < -0.3 is 14.2 Å². The van der Waals surface area contributed by atoms with E-state index in [9.17, 15) is 0 Å². The van der Waals surface area contributed by atoms with Crippen molar-refractivity contribution >= 4 is 156 Å². The van der Waals surface area contributed by atoms with Crippen LogP contribution in [0.2, 0.25) is 0 Å². The van der Waals surface area contributed by atoms with Gasteiger partial charge in [0.2, 0.25) is 0 Å². The Kier molecular flexibility index (Phi) is 9.84. The van der Waals surface area contributed by atoms with Gasteiger partial charge in [0.25, 0.3) is 0 Å². The highest BCUT2D eigenvalue weighted by molar-refractivity contribution is 7.27. The van der Waals surface area contributed by atoms with E-state index >= 15 is 0 Å². The molecule has 6 heteroatoms. The normalized spacial score (nSPS) is 13.7. The molecule has 5 aromatic heterocycles. The quantitative estimate of drug-likeness (QED) is 0.164. The van der Waals surface area contributed by atoms with Crippen molar-refractivity contribution in [2.45, 2.75) is 71.6 Å². The number of fused-ring (bicyclic) bond motifs is 17. The molecule has 1 aliphatic carbocycles. The second kappa shape index (κ2) is 16.5. The van der Waals surface area contributed by atoms with Gasteiger partial charge in [-0.25, -0.2) is 0 Å². The summed E-state index contributed by atoms with van der Waals surface area (Å²) < 4.78 is 10.6. The number of thiophene rings is 3. The standard InChI is InChI=1S/C73H57N3S3/c1-71(2,3)44-22-27-46(28-23-44)74(49-31-33-53-51-15-10-13-19-60(51)77-63(53)40-49)48-26-21-42-39-62-57(38-43(42)37-48)69-70(79-62)56-35-36-59(65-66-68(76(69)67(56)65)55-17-9-12-18-58(55)73(66,7)8)75(47-29-24-45(25-30-47)72(4,5)6)50-32-34-54-52-16-11-14-20-61(52)78-64(54)41-50/h9-41H,1-8H3. The number of hydrogen-bond donors (Lipinski definition) is 0. The fourth-order valence-corrected chi connectivity index (χ4v) is 16.9. The molecule has 0 saturated carbocycles. The van der Waals surface area contributed by atoms with Gasteiger partial charge in [0.15, 0.2) is 0 Å². The van der Waals surface area contributed by atoms with Crippen LogP contribution in [-0.2, 0) is 16.2 Å². The molecule has 382 valence electrons. The molecule has 10 aromatic carbocycles. The number of anilines is 6. The lowest BCUT2D eigenvalue weighted by Gasteiger charge is -2.29. The van der Waals surface area contributed by atoms with Gasteiger partial charge in [-0.15, -0.1) is 34.0 Å². The number of rotatable bonds is 6. The van der Waals surface area contributed by atoms with Crippen LogP contribution in [0.5, 0.6) is 0 Å². The summed E-state index contributed by atoms with van der Waals surface area (Å²) in [6, 6.07) is 76.5. The summed E-state index contributed by atoms with van der Waals surface area (Å²) in [5, 5.41) is 11.6. The molecule has 15 aromatic rings. The third-order valence-corrected chi connectivity index (χ3v) is 20.8. The highest BCUT2D eigenvalue weighted by Crippen LogP contribution is 2.59. The van der Waals surface area contributed by atoms with Gasteiger partial charge in [-0.3, -0.25) is 0 Å². The minimum Gasteiger partial charge on any atom is -0.310 e. The van der Waals surface area contributed by atoms with Gasteiger partial charge in [0.1, 0.15) is 0 Å². The molecule has 0 aliphatic heterocycles. The summed E-state index contributed by atoms with van der Waals surface area (Å²) in [7, 11) is 0. The Balaban J connectivity index is 0.937. The molecule has 0 N–H and O–H groups in total. The lowest BCUT2D eigenvalue weighted by molar-refractivity contribution is 0.590. The monoisotopic (exact) mass is 1070 g/mol. The van der Waals surface area contributed by atoms with Crippen LogP contribution in [0.4, 0.5) is 34.1 Å². The fourth-order valence-electron chi connectivity index (χ4n) is 13.4. The van der Waals surface area contributed by atoms with Crippen LogP contribution in [0.15, 0.2) is 200 Å². The second-order valence-corrected chi connectivity index (χ2v) is 27.8. The van der Waals surface area contributed by atoms with Gasteiger partial charge in [-0.05, 0) is 141 Å². The van der Waals surface area contributed by atoms with E-state index in [1.807, 2.05) is 34.0 Å². The minimum absolute atomic E-state index is 0.0284. The number of benzene rings is 10. The second-order valence-electron chi connectivity index (χ2n) is 24.6. The average molecular weight is 1070 g/mol. The molecule has 0 atom stereocenters. The first-order valence-corrected chi connectivity index (χ1v) is 30.1. The zero-order valence-corrected chi connectivity index (χ0v) is 48.1. The van der Waals surface area contributed by atoms with Crippen LogP contribution >= 0.6 is 34.0 Å². The van der Waals surface area contributed by atoms with E-state index in [4.69, 9.17) is 0 Å². The highest BCUT2D eigenvalue weighted by atomic mass is 32.1. The van der Waals surface area contributed by atoms with E-state index in [1.165, 1.54) is 127 Å². The van der Waals surface area contributed by atoms with Crippen LogP contribution in [0, 0.1) is 0 Å². The first-order chi connectivity index (χ1) is 38.2. The van der Waals surface area contributed by atoms with E-state index < -0.39 is 0 Å². The minimum atomic E-state index is -0.266. The largest absolute Gasteiger partial charge is 0.310 e. The maximum absolute atomic E-state index is 2.69. The molecule has 5 heterocycles. The van der Waals surface area contributed by atoms with Crippen molar-refractivity contribution in [3.8, 4) is 11.3 Å². The predicted molar refractivity (Wildman–Crippen MR) is 347 cm³/mol. The van der Waals surface area contributed by atoms with E-state index in [2.05, 4.69) is 270 Å². The van der Waals surface area contributed by atoms with Crippen molar-refractivity contribution in [1.82, 2.24) is 4.40 Å². The van der Waals surface area contributed by atoms with Gasteiger partial charge >= 0.3 is 0 Å². The summed E-state index contributed by atoms with van der Waals surface area (Å²) in [6.07, 6.45) is 0. The van der Waals surface area contributed by atoms with Crippen LogP contribution in [0.1, 0.15) is 77.6 Å². The zero-order chi connectivity index (χ0) is 53.4. The predicted octanol–water partition coefficient (Wildman–Crippen LogP) is 22.6. The molecular formula is C73H57N3S3. The third kappa shape index (κ3) is 6.87. The first kappa shape index (κ1) is 47.0. The van der Waals surface area contributed by atoms with Crippen molar-refractivity contribution in [1.29, 1.82) is 0 Å². The number of nitrogens with zero attached hydrogens (tertiary/aromatic N) is 3. The molecule has 79 heavy (non-hydrogen) atoms. The molecule has 3 nitrogen and oxygen atoms in total. The molecule has 0 saturated heterocycles. The third-order valence-electron chi connectivity index (χ3n) is 17.4. The summed E-state index contributed by atoms with van der Waals surface area (Å²) >= 11 is 5.70. The Bertz CT molecular complexity index is 5010. The molecule has 0 amide bonds. The lowest BCUT2D eigenvalue weighted by atomic mass is 9.81. The van der Waals surface area contributed by atoms with Gasteiger partial charge in [-0.1, -0.05) is 159 Å². The van der Waals surface area contributed by atoms with E-state index in [-0.39, 0.29) is 16.2 Å². The Labute approximate surface area is 472 Å². The smallest absolute Gasteiger partial charge is 0.0728 e. The van der Waals surface area contributed by atoms with Crippen LogP contribution < -0.4 is 9.80 Å². The van der Waals surface area contributed by atoms with Crippen molar-refractivity contribution in [2.75, 3.05) is 9.80 Å². The molecular weight excluding hydrogens is 1020 g/mol. The molecule has 0 radical (unpaired) electrons. The maximum Gasteiger partial charge on any atom is 0.0728 e. The Morgan fingerprint density at radius 2 is 0.899 bits per heavy atom. The molecule has 1 aliphatic rings. The SMILES string of the molecule is CC(C)(C)c1ccc(N(c2ccc3cc4sc5c6ccc(N(c7ccc(C(C)(C)C)cc7)c7ccc8c(c7)sc7ccccc78)c7c8c(n(c76)c5c4cc3c2)-c2ccccc2C8(C)C)c2ccc3c(c2)sc2ccccc23)cc1. The van der Waals surface area contributed by atoms with Crippen molar-refractivity contribution in [3.05, 3.63) is 222 Å². The van der Waals surface area contributed by atoms with Crippen LogP contribution in [0.25, 0.3) is 99.0 Å². The fraction of sp³-hybridized carbons (Fsp3) is 0.151. The summed E-state index contributed by atoms with van der Waals surface area (Å²) in [5.74, 6) is 0. The molecule has 16 rings (SSSR count). The molecule has 0 fully saturated rings. The molecule has 0 spiro atoms.